The zero-order chi connectivity index (χ0) is 22.9. The highest BCUT2D eigenvalue weighted by Gasteiger charge is 2.29. The number of carbonyl (C=O) groups excluding carboxylic acids is 2. The summed E-state index contributed by atoms with van der Waals surface area (Å²) < 4.78 is 24.8. The third-order valence-electron chi connectivity index (χ3n) is 5.67. The van der Waals surface area contributed by atoms with Gasteiger partial charge < -0.3 is 14.1 Å². The van der Waals surface area contributed by atoms with E-state index in [4.69, 9.17) is 9.15 Å². The van der Waals surface area contributed by atoms with Gasteiger partial charge in [-0.3, -0.25) is 4.79 Å². The molecule has 0 aliphatic carbocycles. The van der Waals surface area contributed by atoms with Gasteiger partial charge in [0.15, 0.2) is 5.76 Å². The molecule has 0 bridgehead atoms. The summed E-state index contributed by atoms with van der Waals surface area (Å²) in [5.74, 6) is -0.516. The van der Waals surface area contributed by atoms with Crippen molar-refractivity contribution in [3.05, 3.63) is 95.4 Å². The SMILES string of the molecule is COC(=O)c1ccc2c(c1)CCN2C(=O)c1ccccc1-c1ncc(-c2ccccc2F)o1. The van der Waals surface area contributed by atoms with Gasteiger partial charge in [0, 0.05) is 17.8 Å². The number of hydrogen-bond donors (Lipinski definition) is 0. The number of hydrogen-bond acceptors (Lipinski definition) is 5. The van der Waals surface area contributed by atoms with E-state index in [1.165, 1.54) is 19.4 Å². The molecule has 0 saturated carbocycles. The van der Waals surface area contributed by atoms with Crippen molar-refractivity contribution >= 4 is 17.6 Å². The summed E-state index contributed by atoms with van der Waals surface area (Å²) in [6, 6.07) is 18.5. The van der Waals surface area contributed by atoms with Crippen molar-refractivity contribution in [2.75, 3.05) is 18.6 Å². The first-order chi connectivity index (χ1) is 16.1. The number of amides is 1. The molecule has 7 heteroatoms. The van der Waals surface area contributed by atoms with Crippen LogP contribution < -0.4 is 4.90 Å². The van der Waals surface area contributed by atoms with Crippen LogP contribution in [0.3, 0.4) is 0 Å². The smallest absolute Gasteiger partial charge is 0.337 e. The minimum Gasteiger partial charge on any atom is -0.465 e. The van der Waals surface area contributed by atoms with Crippen LogP contribution in [0.15, 0.2) is 77.3 Å². The summed E-state index contributed by atoms with van der Waals surface area (Å²) in [6.07, 6.45) is 2.08. The Labute approximate surface area is 189 Å². The second-order valence-electron chi connectivity index (χ2n) is 7.60. The number of methoxy groups -OCH3 is 1. The molecule has 0 saturated heterocycles. The van der Waals surface area contributed by atoms with Crippen molar-refractivity contribution in [2.45, 2.75) is 6.42 Å². The van der Waals surface area contributed by atoms with Crippen LogP contribution in [0.25, 0.3) is 22.8 Å². The fraction of sp³-hybridized carbons (Fsp3) is 0.115. The van der Waals surface area contributed by atoms with E-state index >= 15 is 0 Å². The Hall–Kier alpha value is -4.26. The van der Waals surface area contributed by atoms with Crippen molar-refractivity contribution < 1.29 is 23.1 Å². The molecular weight excluding hydrogens is 423 g/mol. The van der Waals surface area contributed by atoms with Gasteiger partial charge in [-0.15, -0.1) is 0 Å². The van der Waals surface area contributed by atoms with Gasteiger partial charge in [0.1, 0.15) is 5.82 Å². The van der Waals surface area contributed by atoms with Crippen molar-refractivity contribution in [2.24, 2.45) is 0 Å². The Morgan fingerprint density at radius 2 is 1.79 bits per heavy atom. The van der Waals surface area contributed by atoms with Gasteiger partial charge in [0.2, 0.25) is 5.89 Å². The van der Waals surface area contributed by atoms with Gasteiger partial charge in [0.05, 0.1) is 30.0 Å². The molecule has 0 spiro atoms. The maximum absolute atomic E-state index is 14.2. The van der Waals surface area contributed by atoms with Crippen LogP contribution in [-0.4, -0.2) is 30.5 Å². The minimum absolute atomic E-state index is 0.208. The average Bonchev–Trinajstić information content (AvgIpc) is 3.50. The van der Waals surface area contributed by atoms with Crippen LogP contribution in [0.5, 0.6) is 0 Å². The number of oxazole rings is 1. The van der Waals surface area contributed by atoms with Gasteiger partial charge in [-0.2, -0.15) is 0 Å². The topological polar surface area (TPSA) is 72.6 Å². The number of benzene rings is 3. The highest BCUT2D eigenvalue weighted by Crippen LogP contribution is 2.34. The Balaban J connectivity index is 1.48. The monoisotopic (exact) mass is 442 g/mol. The molecule has 1 amide bonds. The second kappa shape index (κ2) is 8.35. The predicted molar refractivity (Wildman–Crippen MR) is 120 cm³/mol. The third-order valence-corrected chi connectivity index (χ3v) is 5.67. The van der Waals surface area contributed by atoms with Crippen LogP contribution in [0, 0.1) is 5.82 Å². The Morgan fingerprint density at radius 1 is 1.03 bits per heavy atom. The third kappa shape index (κ3) is 3.67. The number of halogens is 1. The summed E-state index contributed by atoms with van der Waals surface area (Å²) in [6.45, 7) is 0.485. The summed E-state index contributed by atoms with van der Waals surface area (Å²) in [4.78, 5) is 31.3. The molecule has 6 nitrogen and oxygen atoms in total. The van der Waals surface area contributed by atoms with E-state index in [0.29, 0.717) is 35.2 Å². The molecule has 2 heterocycles. The molecule has 0 N–H and O–H groups in total. The van der Waals surface area contributed by atoms with Crippen LogP contribution in [0.4, 0.5) is 10.1 Å². The molecule has 1 aliphatic heterocycles. The first-order valence-corrected chi connectivity index (χ1v) is 10.4. The molecule has 33 heavy (non-hydrogen) atoms. The summed E-state index contributed by atoms with van der Waals surface area (Å²) >= 11 is 0. The Morgan fingerprint density at radius 3 is 2.58 bits per heavy atom. The summed E-state index contributed by atoms with van der Waals surface area (Å²) in [7, 11) is 1.34. The summed E-state index contributed by atoms with van der Waals surface area (Å²) in [5.41, 5.74) is 3.35. The van der Waals surface area contributed by atoms with Crippen molar-refractivity contribution in [3.8, 4) is 22.8 Å². The summed E-state index contributed by atoms with van der Waals surface area (Å²) in [5, 5.41) is 0. The van der Waals surface area contributed by atoms with Crippen molar-refractivity contribution in [3.63, 3.8) is 0 Å². The van der Waals surface area contributed by atoms with E-state index in [2.05, 4.69) is 4.98 Å². The highest BCUT2D eigenvalue weighted by atomic mass is 19.1. The zero-order valence-corrected chi connectivity index (χ0v) is 17.7. The zero-order valence-electron chi connectivity index (χ0n) is 17.7. The number of rotatable bonds is 4. The lowest BCUT2D eigenvalue weighted by Gasteiger charge is -2.19. The molecule has 0 atom stereocenters. The molecule has 1 aromatic heterocycles. The van der Waals surface area contributed by atoms with Crippen LogP contribution in [0.1, 0.15) is 26.3 Å². The second-order valence-corrected chi connectivity index (χ2v) is 7.60. The number of aromatic nitrogens is 1. The van der Waals surface area contributed by atoms with E-state index < -0.39 is 11.8 Å². The molecule has 3 aromatic carbocycles. The molecule has 0 unspecified atom stereocenters. The Bertz CT molecular complexity index is 1380. The number of esters is 1. The predicted octanol–water partition coefficient (Wildman–Crippen LogP) is 5.14. The standard InChI is InChI=1S/C26H19FN2O4/c1-32-26(31)17-10-11-22-16(14-17)12-13-29(22)25(30)19-7-3-2-6-18(19)24-28-15-23(33-24)20-8-4-5-9-21(20)27/h2-11,14-15H,12-13H2,1H3. The average molecular weight is 442 g/mol. The maximum Gasteiger partial charge on any atom is 0.337 e. The van der Waals surface area contributed by atoms with E-state index in [1.54, 1.807) is 65.6 Å². The van der Waals surface area contributed by atoms with Crippen LogP contribution >= 0.6 is 0 Å². The minimum atomic E-state index is -0.414. The van der Waals surface area contributed by atoms with Gasteiger partial charge >= 0.3 is 5.97 Å². The maximum atomic E-state index is 14.2. The molecule has 5 rings (SSSR count). The van der Waals surface area contributed by atoms with Crippen molar-refractivity contribution in [1.82, 2.24) is 4.98 Å². The normalized spacial score (nSPS) is 12.5. The van der Waals surface area contributed by atoms with Gasteiger partial charge in [0.25, 0.3) is 5.91 Å². The Kier molecular flexibility index (Phi) is 5.22. The number of fused-ring (bicyclic) bond motifs is 1. The van der Waals surface area contributed by atoms with E-state index in [1.807, 2.05) is 0 Å². The van der Waals surface area contributed by atoms with Crippen LogP contribution in [-0.2, 0) is 11.2 Å². The van der Waals surface area contributed by atoms with Crippen molar-refractivity contribution in [1.29, 1.82) is 0 Å². The lowest BCUT2D eigenvalue weighted by molar-refractivity contribution is 0.0600. The molecule has 1 aliphatic rings. The fourth-order valence-electron chi connectivity index (χ4n) is 4.04. The molecule has 4 aromatic rings. The fourth-order valence-corrected chi connectivity index (χ4v) is 4.04. The first kappa shape index (κ1) is 20.6. The van der Waals surface area contributed by atoms with E-state index in [-0.39, 0.29) is 17.6 Å². The van der Waals surface area contributed by atoms with Crippen LogP contribution in [0.2, 0.25) is 0 Å². The van der Waals surface area contributed by atoms with Gasteiger partial charge in [-0.1, -0.05) is 24.3 Å². The van der Waals surface area contributed by atoms with E-state index in [0.717, 1.165) is 11.3 Å². The van der Waals surface area contributed by atoms with E-state index in [9.17, 15) is 14.0 Å². The molecular formula is C26H19FN2O4. The highest BCUT2D eigenvalue weighted by molar-refractivity contribution is 6.11. The molecule has 0 fully saturated rings. The largest absolute Gasteiger partial charge is 0.465 e. The molecule has 0 radical (unpaired) electrons. The number of anilines is 1. The lowest BCUT2D eigenvalue weighted by atomic mass is 10.1. The first-order valence-electron chi connectivity index (χ1n) is 10.4. The number of carbonyl (C=O) groups is 2. The van der Waals surface area contributed by atoms with Gasteiger partial charge in [-0.25, -0.2) is 14.2 Å². The number of ether oxygens (including phenoxy) is 1. The lowest BCUT2D eigenvalue weighted by Crippen LogP contribution is -2.29. The number of nitrogens with zero attached hydrogens (tertiary/aromatic N) is 2. The van der Waals surface area contributed by atoms with Gasteiger partial charge in [-0.05, 0) is 54.4 Å². The molecule has 164 valence electrons. The quantitative estimate of drug-likeness (QED) is 0.410.